The fraction of sp³-hybridized carbons (Fsp3) is 0.250. The van der Waals surface area contributed by atoms with Crippen LogP contribution in [0, 0.1) is 0 Å². The maximum Gasteiger partial charge on any atom is 0.251 e. The predicted octanol–water partition coefficient (Wildman–Crippen LogP) is 2.66. The van der Waals surface area contributed by atoms with E-state index in [0.29, 0.717) is 5.56 Å². The molecule has 1 amide bonds. The molecule has 2 N–H and O–H groups in total. The van der Waals surface area contributed by atoms with Crippen LogP contribution < -0.4 is 5.32 Å². The molecule has 0 aliphatic rings. The lowest BCUT2D eigenvalue weighted by atomic mass is 10.1. The normalized spacial score (nSPS) is 11.9. The Balaban J connectivity index is 1.89. The third-order valence-corrected chi connectivity index (χ3v) is 3.87. The molecule has 0 saturated heterocycles. The topological polar surface area (TPSA) is 62.2 Å². The van der Waals surface area contributed by atoms with Gasteiger partial charge >= 0.3 is 0 Å². The summed E-state index contributed by atoms with van der Waals surface area (Å²) in [5, 5.41) is 12.7. The van der Waals surface area contributed by atoms with E-state index in [2.05, 4.69) is 17.2 Å². The van der Waals surface area contributed by atoms with Gasteiger partial charge in [-0.2, -0.15) is 0 Å². The lowest BCUT2D eigenvalue weighted by molar-refractivity contribution is 0.0916. The van der Waals surface area contributed by atoms with Crippen molar-refractivity contribution in [2.75, 3.05) is 12.3 Å². The van der Waals surface area contributed by atoms with Crippen molar-refractivity contribution in [2.24, 2.45) is 0 Å². The number of aliphatic hydroxyl groups is 1. The van der Waals surface area contributed by atoms with Gasteiger partial charge in [0.25, 0.3) is 5.91 Å². The molecule has 4 nitrogen and oxygen atoms in total. The zero-order chi connectivity index (χ0) is 15.1. The molecule has 110 valence electrons. The molecule has 1 heterocycles. The van der Waals surface area contributed by atoms with E-state index in [1.165, 1.54) is 0 Å². The maximum absolute atomic E-state index is 12.0. The maximum atomic E-state index is 12.0. The number of carbonyl (C=O) groups excluding carboxylic acids is 1. The third-order valence-electron chi connectivity index (χ3n) is 2.97. The van der Waals surface area contributed by atoms with Gasteiger partial charge in [0, 0.05) is 29.4 Å². The number of thioether (sulfide) groups is 1. The molecule has 0 aliphatic carbocycles. The molecule has 1 unspecified atom stereocenters. The summed E-state index contributed by atoms with van der Waals surface area (Å²) < 4.78 is 0. The highest BCUT2D eigenvalue weighted by Crippen LogP contribution is 2.17. The fourth-order valence-corrected chi connectivity index (χ4v) is 2.53. The second-order valence-corrected chi connectivity index (χ2v) is 5.80. The number of pyridine rings is 1. The molecule has 1 atom stereocenters. The van der Waals surface area contributed by atoms with E-state index < -0.39 is 6.10 Å². The van der Waals surface area contributed by atoms with E-state index in [1.807, 2.05) is 12.1 Å². The zero-order valence-corrected chi connectivity index (χ0v) is 12.6. The fourth-order valence-electron chi connectivity index (χ4n) is 1.86. The second-order valence-electron chi connectivity index (χ2n) is 4.46. The molecule has 2 rings (SSSR count). The molecule has 0 fully saturated rings. The van der Waals surface area contributed by atoms with Crippen LogP contribution in [0.1, 0.15) is 28.9 Å². The molecule has 0 aliphatic heterocycles. The molecular formula is C16H18N2O2S. The van der Waals surface area contributed by atoms with Crippen molar-refractivity contribution in [1.82, 2.24) is 10.3 Å². The van der Waals surface area contributed by atoms with E-state index >= 15 is 0 Å². The summed E-state index contributed by atoms with van der Waals surface area (Å²) in [6.07, 6.45) is 2.50. The molecule has 2 aromatic rings. The lowest BCUT2D eigenvalue weighted by Gasteiger charge is -2.12. The monoisotopic (exact) mass is 302 g/mol. The van der Waals surface area contributed by atoms with Crippen LogP contribution in [0.3, 0.4) is 0 Å². The van der Waals surface area contributed by atoms with Gasteiger partial charge in [-0.15, -0.1) is 11.8 Å². The summed E-state index contributed by atoms with van der Waals surface area (Å²) in [6.45, 7) is 2.26. The molecule has 0 bridgehead atoms. The first-order chi connectivity index (χ1) is 10.2. The van der Waals surface area contributed by atoms with Crippen LogP contribution in [0.5, 0.6) is 0 Å². The highest BCUT2D eigenvalue weighted by molar-refractivity contribution is 7.99. The molecule has 1 aromatic carbocycles. The summed E-state index contributed by atoms with van der Waals surface area (Å²) in [6, 6.07) is 10.9. The summed E-state index contributed by atoms with van der Waals surface area (Å²) in [7, 11) is 0. The van der Waals surface area contributed by atoms with E-state index in [4.69, 9.17) is 0 Å². The first-order valence-corrected chi connectivity index (χ1v) is 7.78. The first-order valence-electron chi connectivity index (χ1n) is 6.79. The van der Waals surface area contributed by atoms with Gasteiger partial charge in [0.1, 0.15) is 0 Å². The Hall–Kier alpha value is -1.85. The highest BCUT2D eigenvalue weighted by atomic mass is 32.2. The molecule has 0 radical (unpaired) electrons. The molecule has 0 saturated carbocycles. The van der Waals surface area contributed by atoms with Gasteiger partial charge in [-0.05, 0) is 47.7 Å². The van der Waals surface area contributed by atoms with Gasteiger partial charge in [0.2, 0.25) is 0 Å². The van der Waals surface area contributed by atoms with E-state index in [1.54, 1.807) is 48.4 Å². The van der Waals surface area contributed by atoms with Crippen LogP contribution >= 0.6 is 11.8 Å². The second kappa shape index (κ2) is 7.81. The SMILES string of the molecule is CCSc1ccc(C(=O)NCC(O)c2ccncc2)cc1. The number of hydrogen-bond acceptors (Lipinski definition) is 4. The van der Waals surface area contributed by atoms with Crippen molar-refractivity contribution in [1.29, 1.82) is 0 Å². The molecular weight excluding hydrogens is 284 g/mol. The molecule has 21 heavy (non-hydrogen) atoms. The van der Waals surface area contributed by atoms with Gasteiger partial charge in [0.05, 0.1) is 6.10 Å². The summed E-state index contributed by atoms with van der Waals surface area (Å²) in [5.74, 6) is 0.820. The number of hydrogen-bond donors (Lipinski definition) is 2. The smallest absolute Gasteiger partial charge is 0.251 e. The number of rotatable bonds is 6. The summed E-state index contributed by atoms with van der Waals surface area (Å²) in [4.78, 5) is 17.0. The third kappa shape index (κ3) is 4.58. The standard InChI is InChI=1S/C16H18N2O2S/c1-2-21-14-5-3-13(4-6-14)16(20)18-11-15(19)12-7-9-17-10-8-12/h3-10,15,19H,2,11H2,1H3,(H,18,20). The van der Waals surface area contributed by atoms with E-state index in [9.17, 15) is 9.90 Å². The van der Waals surface area contributed by atoms with Crippen molar-refractivity contribution in [3.63, 3.8) is 0 Å². The molecule has 0 spiro atoms. The Morgan fingerprint density at radius 2 is 1.90 bits per heavy atom. The van der Waals surface area contributed by atoms with Crippen LogP contribution in [0.25, 0.3) is 0 Å². The van der Waals surface area contributed by atoms with Crippen molar-refractivity contribution < 1.29 is 9.90 Å². The lowest BCUT2D eigenvalue weighted by Crippen LogP contribution is -2.28. The Labute approximate surface area is 128 Å². The van der Waals surface area contributed by atoms with Crippen LogP contribution in [0.2, 0.25) is 0 Å². The van der Waals surface area contributed by atoms with E-state index in [-0.39, 0.29) is 12.5 Å². The largest absolute Gasteiger partial charge is 0.387 e. The zero-order valence-electron chi connectivity index (χ0n) is 11.8. The van der Waals surface area contributed by atoms with Gasteiger partial charge in [-0.1, -0.05) is 6.92 Å². The number of benzene rings is 1. The van der Waals surface area contributed by atoms with Crippen LogP contribution in [-0.2, 0) is 0 Å². The number of nitrogens with one attached hydrogen (secondary N) is 1. The van der Waals surface area contributed by atoms with Crippen molar-refractivity contribution in [3.8, 4) is 0 Å². The van der Waals surface area contributed by atoms with E-state index in [0.717, 1.165) is 16.2 Å². The highest BCUT2D eigenvalue weighted by Gasteiger charge is 2.10. The van der Waals surface area contributed by atoms with Gasteiger partial charge < -0.3 is 10.4 Å². The quantitative estimate of drug-likeness (QED) is 0.805. The summed E-state index contributed by atoms with van der Waals surface area (Å²) >= 11 is 1.73. The average molecular weight is 302 g/mol. The van der Waals surface area contributed by atoms with Crippen molar-refractivity contribution in [3.05, 3.63) is 59.9 Å². The Kier molecular flexibility index (Phi) is 5.78. The predicted molar refractivity (Wildman–Crippen MR) is 84.4 cm³/mol. The number of carbonyl (C=O) groups is 1. The molecule has 1 aromatic heterocycles. The molecule has 5 heteroatoms. The Morgan fingerprint density at radius 1 is 1.24 bits per heavy atom. The number of nitrogens with zero attached hydrogens (tertiary/aromatic N) is 1. The minimum atomic E-state index is -0.730. The number of amides is 1. The van der Waals surface area contributed by atoms with Crippen molar-refractivity contribution >= 4 is 17.7 Å². The van der Waals surface area contributed by atoms with Crippen LogP contribution in [0.4, 0.5) is 0 Å². The number of aromatic nitrogens is 1. The number of aliphatic hydroxyl groups excluding tert-OH is 1. The van der Waals surface area contributed by atoms with Crippen molar-refractivity contribution in [2.45, 2.75) is 17.9 Å². The van der Waals surface area contributed by atoms with Crippen LogP contribution in [0.15, 0.2) is 53.7 Å². The van der Waals surface area contributed by atoms with Gasteiger partial charge in [0.15, 0.2) is 0 Å². The van der Waals surface area contributed by atoms with Crippen LogP contribution in [-0.4, -0.2) is 28.3 Å². The average Bonchev–Trinajstić information content (AvgIpc) is 2.54. The minimum Gasteiger partial charge on any atom is -0.387 e. The Morgan fingerprint density at radius 3 is 2.52 bits per heavy atom. The Bertz CT molecular complexity index is 573. The first kappa shape index (κ1) is 15.5. The minimum absolute atomic E-state index is 0.175. The van der Waals surface area contributed by atoms with Gasteiger partial charge in [-0.25, -0.2) is 0 Å². The summed E-state index contributed by atoms with van der Waals surface area (Å²) in [5.41, 5.74) is 1.33. The van der Waals surface area contributed by atoms with Gasteiger partial charge in [-0.3, -0.25) is 9.78 Å².